The minimum absolute atomic E-state index is 0.278. The number of nitrogens with zero attached hydrogens (tertiary/aromatic N) is 2. The molecule has 0 N–H and O–H groups in total. The standard InChI is InChI=1S/C24H23ClN2O3/c1-3-29-20-13-9-18(10-14-20)26-17-27(19-11-15-21(16-12-19)30-4-2)24(28)22-7-5-6-8-23(22)25/h5-17H,3-4H2,1-2H3. The molecule has 0 spiro atoms. The molecule has 6 heteroatoms. The number of carbonyl (C=O) groups is 1. The van der Waals surface area contributed by atoms with E-state index in [0.717, 1.165) is 11.5 Å². The third-order valence-corrected chi connectivity index (χ3v) is 4.55. The van der Waals surface area contributed by atoms with E-state index in [-0.39, 0.29) is 5.91 Å². The van der Waals surface area contributed by atoms with Gasteiger partial charge in [0.25, 0.3) is 5.91 Å². The van der Waals surface area contributed by atoms with E-state index in [9.17, 15) is 4.79 Å². The molecule has 0 atom stereocenters. The fourth-order valence-electron chi connectivity index (χ4n) is 2.79. The van der Waals surface area contributed by atoms with Gasteiger partial charge in [0, 0.05) is 0 Å². The number of ether oxygens (including phenoxy) is 2. The molecule has 0 heterocycles. The Hall–Kier alpha value is -3.31. The molecule has 0 unspecified atom stereocenters. The van der Waals surface area contributed by atoms with Crippen molar-refractivity contribution in [1.82, 2.24) is 0 Å². The second-order valence-electron chi connectivity index (χ2n) is 6.25. The lowest BCUT2D eigenvalue weighted by molar-refractivity contribution is 0.100. The van der Waals surface area contributed by atoms with E-state index in [4.69, 9.17) is 21.1 Å². The Morgan fingerprint density at radius 1 is 0.900 bits per heavy atom. The normalized spacial score (nSPS) is 10.8. The van der Waals surface area contributed by atoms with Gasteiger partial charge in [0.15, 0.2) is 0 Å². The number of benzene rings is 3. The average molecular weight is 423 g/mol. The van der Waals surface area contributed by atoms with Crippen molar-refractivity contribution >= 4 is 35.2 Å². The van der Waals surface area contributed by atoms with Gasteiger partial charge in [-0.25, -0.2) is 4.99 Å². The summed E-state index contributed by atoms with van der Waals surface area (Å²) in [6, 6.07) is 21.5. The lowest BCUT2D eigenvalue weighted by Crippen LogP contribution is -2.29. The van der Waals surface area contributed by atoms with Gasteiger partial charge in [0.2, 0.25) is 0 Å². The van der Waals surface area contributed by atoms with E-state index in [0.29, 0.717) is 35.2 Å². The second-order valence-corrected chi connectivity index (χ2v) is 6.66. The van der Waals surface area contributed by atoms with Crippen LogP contribution in [0.25, 0.3) is 0 Å². The summed E-state index contributed by atoms with van der Waals surface area (Å²) in [5, 5.41) is 0.382. The van der Waals surface area contributed by atoms with Crippen molar-refractivity contribution in [3.63, 3.8) is 0 Å². The van der Waals surface area contributed by atoms with E-state index < -0.39 is 0 Å². The first-order chi connectivity index (χ1) is 14.6. The Kier molecular flexibility index (Phi) is 7.46. The molecule has 1 amide bonds. The monoisotopic (exact) mass is 422 g/mol. The van der Waals surface area contributed by atoms with Crippen LogP contribution in [-0.4, -0.2) is 25.5 Å². The molecular formula is C24H23ClN2O3. The maximum absolute atomic E-state index is 13.2. The van der Waals surface area contributed by atoms with Crippen LogP contribution in [-0.2, 0) is 0 Å². The third kappa shape index (κ3) is 5.39. The number of hydrogen-bond donors (Lipinski definition) is 0. The van der Waals surface area contributed by atoms with E-state index in [1.807, 2.05) is 62.4 Å². The molecule has 154 valence electrons. The van der Waals surface area contributed by atoms with Crippen LogP contribution in [0.1, 0.15) is 24.2 Å². The molecule has 5 nitrogen and oxygen atoms in total. The molecule has 30 heavy (non-hydrogen) atoms. The average Bonchev–Trinajstić information content (AvgIpc) is 2.77. The molecule has 0 aromatic heterocycles. The topological polar surface area (TPSA) is 51.1 Å². The highest BCUT2D eigenvalue weighted by Gasteiger charge is 2.19. The smallest absolute Gasteiger partial charge is 0.265 e. The minimum Gasteiger partial charge on any atom is -0.494 e. The molecule has 3 aromatic rings. The van der Waals surface area contributed by atoms with Crippen LogP contribution in [0.2, 0.25) is 5.02 Å². The summed E-state index contributed by atoms with van der Waals surface area (Å²) in [6.45, 7) is 5.02. The van der Waals surface area contributed by atoms with Gasteiger partial charge in [-0.1, -0.05) is 23.7 Å². The molecular weight excluding hydrogens is 400 g/mol. The van der Waals surface area contributed by atoms with Gasteiger partial charge in [-0.05, 0) is 74.5 Å². The maximum Gasteiger partial charge on any atom is 0.265 e. The first-order valence-corrected chi connectivity index (χ1v) is 10.1. The third-order valence-electron chi connectivity index (χ3n) is 4.22. The Balaban J connectivity index is 1.92. The maximum atomic E-state index is 13.2. The highest BCUT2D eigenvalue weighted by Crippen LogP contribution is 2.24. The van der Waals surface area contributed by atoms with Gasteiger partial charge in [0.05, 0.1) is 35.2 Å². The summed E-state index contributed by atoms with van der Waals surface area (Å²) < 4.78 is 10.9. The molecule has 0 fully saturated rings. The number of amides is 1. The van der Waals surface area contributed by atoms with E-state index in [2.05, 4.69) is 4.99 Å². The predicted octanol–water partition coefficient (Wildman–Crippen LogP) is 6.14. The Labute approximate surface area is 181 Å². The van der Waals surface area contributed by atoms with Crippen molar-refractivity contribution in [3.05, 3.63) is 83.4 Å². The largest absolute Gasteiger partial charge is 0.494 e. The fourth-order valence-corrected chi connectivity index (χ4v) is 3.01. The van der Waals surface area contributed by atoms with Gasteiger partial charge in [-0.3, -0.25) is 9.69 Å². The van der Waals surface area contributed by atoms with Gasteiger partial charge >= 0.3 is 0 Å². The van der Waals surface area contributed by atoms with Crippen LogP contribution in [0.4, 0.5) is 11.4 Å². The molecule has 3 rings (SSSR count). The number of aliphatic imine (C=N–C) groups is 1. The number of hydrogen-bond acceptors (Lipinski definition) is 4. The molecule has 0 bridgehead atoms. The van der Waals surface area contributed by atoms with E-state index in [1.165, 1.54) is 11.2 Å². The molecule has 3 aromatic carbocycles. The predicted molar refractivity (Wildman–Crippen MR) is 122 cm³/mol. The first-order valence-electron chi connectivity index (χ1n) is 9.70. The Morgan fingerprint density at radius 3 is 2.03 bits per heavy atom. The van der Waals surface area contributed by atoms with Gasteiger partial charge in [-0.15, -0.1) is 0 Å². The summed E-state index contributed by atoms with van der Waals surface area (Å²) in [6.07, 6.45) is 1.50. The second kappa shape index (κ2) is 10.5. The van der Waals surface area contributed by atoms with Crippen molar-refractivity contribution in [3.8, 4) is 11.5 Å². The molecule has 0 aliphatic rings. The van der Waals surface area contributed by atoms with Gasteiger partial charge in [-0.2, -0.15) is 0 Å². The van der Waals surface area contributed by atoms with Crippen LogP contribution in [0.15, 0.2) is 77.8 Å². The van der Waals surface area contributed by atoms with Crippen LogP contribution < -0.4 is 14.4 Å². The molecule has 0 aliphatic heterocycles. The Morgan fingerprint density at radius 2 is 1.47 bits per heavy atom. The Bertz CT molecular complexity index is 1000. The van der Waals surface area contributed by atoms with Crippen LogP contribution in [0.5, 0.6) is 11.5 Å². The molecule has 0 radical (unpaired) electrons. The number of halogens is 1. The highest BCUT2D eigenvalue weighted by atomic mass is 35.5. The van der Waals surface area contributed by atoms with E-state index in [1.54, 1.807) is 24.3 Å². The number of carbonyl (C=O) groups excluding carboxylic acids is 1. The zero-order chi connectivity index (χ0) is 21.3. The lowest BCUT2D eigenvalue weighted by Gasteiger charge is -2.19. The zero-order valence-corrected chi connectivity index (χ0v) is 17.7. The van der Waals surface area contributed by atoms with Crippen molar-refractivity contribution in [2.24, 2.45) is 4.99 Å². The van der Waals surface area contributed by atoms with Crippen LogP contribution in [0, 0.1) is 0 Å². The lowest BCUT2D eigenvalue weighted by atomic mass is 10.2. The van der Waals surface area contributed by atoms with Gasteiger partial charge in [0.1, 0.15) is 17.8 Å². The molecule has 0 saturated carbocycles. The van der Waals surface area contributed by atoms with Crippen LogP contribution in [0.3, 0.4) is 0 Å². The number of anilines is 1. The quantitative estimate of drug-likeness (QED) is 0.323. The van der Waals surface area contributed by atoms with Crippen LogP contribution >= 0.6 is 11.6 Å². The first kappa shape index (κ1) is 21.4. The molecule has 0 saturated heterocycles. The van der Waals surface area contributed by atoms with Crippen molar-refractivity contribution < 1.29 is 14.3 Å². The minimum atomic E-state index is -0.278. The highest BCUT2D eigenvalue weighted by molar-refractivity contribution is 6.35. The van der Waals surface area contributed by atoms with Crippen molar-refractivity contribution in [1.29, 1.82) is 0 Å². The summed E-state index contributed by atoms with van der Waals surface area (Å²) in [5.74, 6) is 1.22. The summed E-state index contributed by atoms with van der Waals surface area (Å²) in [7, 11) is 0. The SMILES string of the molecule is CCOc1ccc(N=CN(C(=O)c2ccccc2Cl)c2ccc(OCC)cc2)cc1. The van der Waals surface area contributed by atoms with E-state index >= 15 is 0 Å². The van der Waals surface area contributed by atoms with Crippen molar-refractivity contribution in [2.45, 2.75) is 13.8 Å². The number of rotatable bonds is 8. The van der Waals surface area contributed by atoms with Crippen molar-refractivity contribution in [2.75, 3.05) is 18.1 Å². The summed E-state index contributed by atoms with van der Waals surface area (Å²) in [5.41, 5.74) is 1.74. The zero-order valence-electron chi connectivity index (χ0n) is 16.9. The van der Waals surface area contributed by atoms with Gasteiger partial charge < -0.3 is 9.47 Å². The summed E-state index contributed by atoms with van der Waals surface area (Å²) >= 11 is 6.26. The molecule has 0 aliphatic carbocycles. The summed E-state index contributed by atoms with van der Waals surface area (Å²) in [4.78, 5) is 19.2. The fraction of sp³-hybridized carbons (Fsp3) is 0.167.